The largest absolute Gasteiger partial charge is 0.411 e. The van der Waals surface area contributed by atoms with E-state index in [0.29, 0.717) is 11.4 Å². The van der Waals surface area contributed by atoms with Crippen molar-refractivity contribution in [3.63, 3.8) is 0 Å². The summed E-state index contributed by atoms with van der Waals surface area (Å²) in [6.45, 7) is 3.57. The molecule has 0 radical (unpaired) electrons. The number of aromatic amines is 1. The van der Waals surface area contributed by atoms with Crippen LogP contribution in [-0.4, -0.2) is 43.3 Å². The summed E-state index contributed by atoms with van der Waals surface area (Å²) in [5, 5.41) is 34.0. The van der Waals surface area contributed by atoms with E-state index in [1.165, 1.54) is 12.1 Å². The third-order valence-electron chi connectivity index (χ3n) is 4.41. The van der Waals surface area contributed by atoms with Crippen LogP contribution in [0.4, 0.5) is 8.78 Å². The Morgan fingerprint density at radius 2 is 2.10 bits per heavy atom. The van der Waals surface area contributed by atoms with Gasteiger partial charge in [0, 0.05) is 18.3 Å². The molecule has 0 aliphatic rings. The van der Waals surface area contributed by atoms with Crippen molar-refractivity contribution in [1.29, 1.82) is 5.26 Å². The molecule has 2 heterocycles. The van der Waals surface area contributed by atoms with Gasteiger partial charge in [-0.15, -0.1) is 0 Å². The Morgan fingerprint density at radius 1 is 1.40 bits per heavy atom. The van der Waals surface area contributed by atoms with Crippen molar-refractivity contribution in [3.8, 4) is 17.3 Å². The lowest BCUT2D eigenvalue weighted by atomic mass is 10.1. The van der Waals surface area contributed by atoms with Crippen LogP contribution in [0, 0.1) is 23.0 Å². The molecule has 1 amide bonds. The highest BCUT2D eigenvalue weighted by Crippen LogP contribution is 2.23. The molecule has 2 aromatic heterocycles. The van der Waals surface area contributed by atoms with Gasteiger partial charge in [0.2, 0.25) is 0 Å². The maximum atomic E-state index is 13.8. The molecule has 154 valence electrons. The molecule has 0 saturated heterocycles. The lowest BCUT2D eigenvalue weighted by Gasteiger charge is -2.13. The maximum Gasteiger partial charge on any atom is 0.269 e. The number of amides is 1. The van der Waals surface area contributed by atoms with Crippen LogP contribution in [0.5, 0.6) is 0 Å². The number of carbonyl (C=O) groups is 1. The number of halogens is 2. The topological polar surface area (TPSA) is 132 Å². The molecule has 30 heavy (non-hydrogen) atoms. The van der Waals surface area contributed by atoms with Gasteiger partial charge in [-0.05, 0) is 38.1 Å². The molecule has 0 saturated carbocycles. The average Bonchev–Trinajstić information content (AvgIpc) is 3.41. The SMILES string of the molecule is CC(=NO)c1cc(C(=O)NCC(C)n2ccc(-c3cc(F)c(C#N)c(F)c3)n2)[nH]n1. The number of aromatic nitrogens is 4. The van der Waals surface area contributed by atoms with E-state index in [-0.39, 0.29) is 29.6 Å². The van der Waals surface area contributed by atoms with Crippen LogP contribution in [0.25, 0.3) is 11.3 Å². The zero-order valence-corrected chi connectivity index (χ0v) is 16.0. The zero-order chi connectivity index (χ0) is 21.8. The van der Waals surface area contributed by atoms with Gasteiger partial charge in [-0.2, -0.15) is 15.5 Å². The first-order chi connectivity index (χ1) is 14.3. The molecule has 3 rings (SSSR count). The van der Waals surface area contributed by atoms with Crippen LogP contribution in [0.1, 0.15) is 41.6 Å². The molecular formula is C19H17F2N7O2. The second-order valence-corrected chi connectivity index (χ2v) is 6.52. The Balaban J connectivity index is 1.67. The van der Waals surface area contributed by atoms with E-state index < -0.39 is 23.1 Å². The van der Waals surface area contributed by atoms with Crippen molar-refractivity contribution in [2.75, 3.05) is 6.54 Å². The average molecular weight is 413 g/mol. The van der Waals surface area contributed by atoms with Crippen LogP contribution in [0.3, 0.4) is 0 Å². The lowest BCUT2D eigenvalue weighted by Crippen LogP contribution is -2.30. The van der Waals surface area contributed by atoms with Gasteiger partial charge in [-0.3, -0.25) is 14.6 Å². The molecule has 3 N–H and O–H groups in total. The Morgan fingerprint density at radius 3 is 2.73 bits per heavy atom. The van der Waals surface area contributed by atoms with E-state index in [2.05, 4.69) is 25.8 Å². The molecule has 0 aliphatic heterocycles. The maximum absolute atomic E-state index is 13.8. The van der Waals surface area contributed by atoms with Gasteiger partial charge in [0.15, 0.2) is 0 Å². The van der Waals surface area contributed by atoms with Crippen molar-refractivity contribution in [3.05, 3.63) is 59.0 Å². The summed E-state index contributed by atoms with van der Waals surface area (Å²) in [4.78, 5) is 12.2. The smallest absolute Gasteiger partial charge is 0.269 e. The summed E-state index contributed by atoms with van der Waals surface area (Å²) < 4.78 is 29.2. The predicted molar refractivity (Wildman–Crippen MR) is 102 cm³/mol. The van der Waals surface area contributed by atoms with Crippen LogP contribution < -0.4 is 5.32 Å². The predicted octanol–water partition coefficient (Wildman–Crippen LogP) is 2.61. The zero-order valence-electron chi connectivity index (χ0n) is 16.0. The van der Waals surface area contributed by atoms with Gasteiger partial charge in [-0.1, -0.05) is 5.16 Å². The molecule has 9 nitrogen and oxygen atoms in total. The Kier molecular flexibility index (Phi) is 5.87. The van der Waals surface area contributed by atoms with Crippen LogP contribution in [0.2, 0.25) is 0 Å². The molecule has 1 aromatic carbocycles. The van der Waals surface area contributed by atoms with E-state index in [1.807, 2.05) is 0 Å². The fourth-order valence-corrected chi connectivity index (χ4v) is 2.67. The molecule has 11 heteroatoms. The summed E-state index contributed by atoms with van der Waals surface area (Å²) in [5.74, 6) is -2.32. The quantitative estimate of drug-likeness (QED) is 0.325. The molecular weight excluding hydrogens is 396 g/mol. The monoisotopic (exact) mass is 413 g/mol. The minimum absolute atomic E-state index is 0.199. The fraction of sp³-hybridized carbons (Fsp3) is 0.211. The lowest BCUT2D eigenvalue weighted by molar-refractivity contribution is 0.0943. The number of nitriles is 1. The minimum atomic E-state index is -0.956. The summed E-state index contributed by atoms with van der Waals surface area (Å²) in [5.41, 5.74) is 0.687. The number of hydrogen-bond acceptors (Lipinski definition) is 6. The standard InChI is InChI=1S/C19H17F2N7O2/c1-10(9-23-19(29)18-7-17(24-25-18)11(2)27-30)28-4-3-16(26-28)12-5-14(20)13(8-22)15(21)6-12/h3-7,10,30H,9H2,1-2H3,(H,23,29)(H,24,25). The third kappa shape index (κ3) is 4.17. The number of rotatable bonds is 6. The number of nitrogens with zero attached hydrogens (tertiary/aromatic N) is 5. The number of hydrogen-bond donors (Lipinski definition) is 3. The van der Waals surface area contributed by atoms with Crippen molar-refractivity contribution in [1.82, 2.24) is 25.3 Å². The normalized spacial score (nSPS) is 12.4. The minimum Gasteiger partial charge on any atom is -0.411 e. The molecule has 0 bridgehead atoms. The Bertz CT molecular complexity index is 1140. The van der Waals surface area contributed by atoms with Gasteiger partial charge in [0.1, 0.15) is 40.4 Å². The van der Waals surface area contributed by atoms with E-state index in [4.69, 9.17) is 10.5 Å². The first kappa shape index (κ1) is 20.7. The molecule has 0 aliphatic carbocycles. The highest BCUT2D eigenvalue weighted by Gasteiger charge is 2.16. The number of benzene rings is 1. The summed E-state index contributed by atoms with van der Waals surface area (Å²) in [6, 6.07) is 6.34. The van der Waals surface area contributed by atoms with E-state index in [0.717, 1.165) is 12.1 Å². The first-order valence-corrected chi connectivity index (χ1v) is 8.81. The van der Waals surface area contributed by atoms with Crippen LogP contribution in [-0.2, 0) is 0 Å². The molecule has 1 atom stereocenters. The Labute approximate surface area is 169 Å². The van der Waals surface area contributed by atoms with Gasteiger partial charge < -0.3 is 10.5 Å². The number of nitrogens with one attached hydrogen (secondary N) is 2. The fourth-order valence-electron chi connectivity index (χ4n) is 2.67. The van der Waals surface area contributed by atoms with Gasteiger partial charge in [0.05, 0.1) is 11.7 Å². The van der Waals surface area contributed by atoms with Crippen molar-refractivity contribution in [2.24, 2.45) is 5.16 Å². The third-order valence-corrected chi connectivity index (χ3v) is 4.41. The van der Waals surface area contributed by atoms with Gasteiger partial charge >= 0.3 is 0 Å². The Hall–Kier alpha value is -4.07. The second kappa shape index (κ2) is 8.52. The van der Waals surface area contributed by atoms with Gasteiger partial charge in [0.25, 0.3) is 5.91 Å². The second-order valence-electron chi connectivity index (χ2n) is 6.52. The van der Waals surface area contributed by atoms with E-state index in [9.17, 15) is 13.6 Å². The van der Waals surface area contributed by atoms with Crippen LogP contribution >= 0.6 is 0 Å². The van der Waals surface area contributed by atoms with Crippen LogP contribution in [0.15, 0.2) is 35.6 Å². The first-order valence-electron chi connectivity index (χ1n) is 8.81. The highest BCUT2D eigenvalue weighted by molar-refractivity contribution is 5.99. The van der Waals surface area contributed by atoms with Crippen molar-refractivity contribution in [2.45, 2.75) is 19.9 Å². The van der Waals surface area contributed by atoms with E-state index in [1.54, 1.807) is 30.8 Å². The molecule has 0 spiro atoms. The molecule has 3 aromatic rings. The summed E-state index contributed by atoms with van der Waals surface area (Å²) in [6.07, 6.45) is 1.62. The van der Waals surface area contributed by atoms with Crippen molar-refractivity contribution >= 4 is 11.6 Å². The highest BCUT2D eigenvalue weighted by atomic mass is 19.1. The van der Waals surface area contributed by atoms with Gasteiger partial charge in [-0.25, -0.2) is 8.78 Å². The molecule has 0 fully saturated rings. The van der Waals surface area contributed by atoms with Crippen molar-refractivity contribution < 1.29 is 18.8 Å². The van der Waals surface area contributed by atoms with E-state index >= 15 is 0 Å². The number of oxime groups is 1. The number of carbonyl (C=O) groups excluding carboxylic acids is 1. The summed E-state index contributed by atoms with van der Waals surface area (Å²) in [7, 11) is 0. The number of H-pyrrole nitrogens is 1. The molecule has 1 unspecified atom stereocenters. The summed E-state index contributed by atoms with van der Waals surface area (Å²) >= 11 is 0.